The Morgan fingerprint density at radius 2 is 2.47 bits per heavy atom. The number of nitrogens with one attached hydrogen (secondary N) is 2. The fourth-order valence-corrected chi connectivity index (χ4v) is 3.20. The van der Waals surface area contributed by atoms with Crippen LogP contribution in [0, 0.1) is 0 Å². The molecule has 1 aliphatic rings. The molecule has 1 saturated heterocycles. The Balaban J connectivity index is 1.81. The zero-order valence-electron chi connectivity index (χ0n) is 9.31. The van der Waals surface area contributed by atoms with E-state index in [0.29, 0.717) is 10.9 Å². The van der Waals surface area contributed by atoms with E-state index in [9.17, 15) is 0 Å². The molecule has 17 heavy (non-hydrogen) atoms. The maximum atomic E-state index is 5.65. The van der Waals surface area contributed by atoms with Crippen LogP contribution in [0.3, 0.4) is 0 Å². The summed E-state index contributed by atoms with van der Waals surface area (Å²) in [6.45, 7) is 0.918. The van der Waals surface area contributed by atoms with Gasteiger partial charge in [0.1, 0.15) is 5.82 Å². The minimum atomic E-state index is 0.267. The first-order valence-electron chi connectivity index (χ1n) is 5.65. The molecule has 90 valence electrons. The van der Waals surface area contributed by atoms with Crippen molar-refractivity contribution in [3.05, 3.63) is 6.20 Å². The smallest absolute Gasteiger partial charge is 0.224 e. The first-order valence-corrected chi connectivity index (χ1v) is 6.70. The largest absolute Gasteiger partial charge is 0.368 e. The Morgan fingerprint density at radius 1 is 1.53 bits per heavy atom. The SMILES string of the molecule is Nc1nc(NCC2CCCS2)c2cn[nH]c2n1. The number of nitrogens with two attached hydrogens (primary N) is 1. The molecule has 0 saturated carbocycles. The van der Waals surface area contributed by atoms with Crippen molar-refractivity contribution in [1.82, 2.24) is 20.2 Å². The van der Waals surface area contributed by atoms with Gasteiger partial charge in [0, 0.05) is 11.8 Å². The van der Waals surface area contributed by atoms with Gasteiger partial charge in [0.15, 0.2) is 5.65 Å². The van der Waals surface area contributed by atoms with Gasteiger partial charge < -0.3 is 11.1 Å². The number of fused-ring (bicyclic) bond motifs is 1. The van der Waals surface area contributed by atoms with Gasteiger partial charge >= 0.3 is 0 Å². The first kappa shape index (κ1) is 10.6. The van der Waals surface area contributed by atoms with E-state index in [4.69, 9.17) is 5.73 Å². The van der Waals surface area contributed by atoms with Crippen molar-refractivity contribution in [3.8, 4) is 0 Å². The van der Waals surface area contributed by atoms with Gasteiger partial charge in [0.2, 0.25) is 5.95 Å². The highest BCUT2D eigenvalue weighted by Gasteiger charge is 2.16. The number of rotatable bonds is 3. The van der Waals surface area contributed by atoms with Gasteiger partial charge in [0.05, 0.1) is 11.6 Å². The van der Waals surface area contributed by atoms with Crippen LogP contribution in [0.1, 0.15) is 12.8 Å². The van der Waals surface area contributed by atoms with Gasteiger partial charge in [-0.1, -0.05) is 0 Å². The second-order valence-corrected chi connectivity index (χ2v) is 5.49. The van der Waals surface area contributed by atoms with E-state index in [1.807, 2.05) is 11.8 Å². The van der Waals surface area contributed by atoms with E-state index in [0.717, 1.165) is 17.7 Å². The van der Waals surface area contributed by atoms with E-state index in [1.165, 1.54) is 18.6 Å². The number of anilines is 2. The summed E-state index contributed by atoms with van der Waals surface area (Å²) in [5, 5.41) is 11.7. The molecular formula is C10H14N6S. The number of aromatic amines is 1. The van der Waals surface area contributed by atoms with Gasteiger partial charge in [0.25, 0.3) is 0 Å². The van der Waals surface area contributed by atoms with E-state index in [-0.39, 0.29) is 5.95 Å². The molecule has 0 aromatic carbocycles. The first-order chi connectivity index (χ1) is 8.33. The van der Waals surface area contributed by atoms with Crippen LogP contribution >= 0.6 is 11.8 Å². The third-order valence-electron chi connectivity index (χ3n) is 2.85. The summed E-state index contributed by atoms with van der Waals surface area (Å²) in [6, 6.07) is 0. The molecule has 1 aliphatic heterocycles. The normalized spacial score (nSPS) is 19.9. The molecule has 0 amide bonds. The maximum Gasteiger partial charge on any atom is 0.224 e. The van der Waals surface area contributed by atoms with Gasteiger partial charge in [-0.25, -0.2) is 0 Å². The van der Waals surface area contributed by atoms with Crippen LogP contribution in [-0.4, -0.2) is 37.7 Å². The van der Waals surface area contributed by atoms with Crippen molar-refractivity contribution in [3.63, 3.8) is 0 Å². The summed E-state index contributed by atoms with van der Waals surface area (Å²) in [4.78, 5) is 8.30. The zero-order valence-corrected chi connectivity index (χ0v) is 10.1. The molecule has 4 N–H and O–H groups in total. The van der Waals surface area contributed by atoms with Crippen molar-refractivity contribution < 1.29 is 0 Å². The fourth-order valence-electron chi connectivity index (χ4n) is 2.00. The number of hydrogen-bond donors (Lipinski definition) is 3. The molecule has 1 unspecified atom stereocenters. The maximum absolute atomic E-state index is 5.65. The molecule has 0 bridgehead atoms. The lowest BCUT2D eigenvalue weighted by Crippen LogP contribution is -2.15. The number of nitrogens with zero attached hydrogens (tertiary/aromatic N) is 3. The summed E-state index contributed by atoms with van der Waals surface area (Å²) in [5.41, 5.74) is 6.33. The van der Waals surface area contributed by atoms with Gasteiger partial charge in [-0.3, -0.25) is 5.10 Å². The molecule has 0 radical (unpaired) electrons. The molecule has 7 heteroatoms. The summed E-state index contributed by atoms with van der Waals surface area (Å²) >= 11 is 2.01. The average molecular weight is 250 g/mol. The topological polar surface area (TPSA) is 92.5 Å². The van der Waals surface area contributed by atoms with Gasteiger partial charge in [-0.05, 0) is 18.6 Å². The van der Waals surface area contributed by atoms with Crippen LogP contribution in [0.5, 0.6) is 0 Å². The number of hydrogen-bond acceptors (Lipinski definition) is 6. The Labute approximate surface area is 103 Å². The standard InChI is InChI=1S/C10H14N6S/c11-10-14-8(7-5-13-16-9(7)15-10)12-4-6-2-1-3-17-6/h5-6H,1-4H2,(H4,11,12,13,14,15,16). The van der Waals surface area contributed by atoms with Crippen LogP contribution in [0.2, 0.25) is 0 Å². The lowest BCUT2D eigenvalue weighted by atomic mass is 10.2. The van der Waals surface area contributed by atoms with Crippen molar-refractivity contribution in [2.24, 2.45) is 0 Å². The van der Waals surface area contributed by atoms with Crippen molar-refractivity contribution in [2.45, 2.75) is 18.1 Å². The van der Waals surface area contributed by atoms with Crippen LogP contribution in [0.25, 0.3) is 11.0 Å². The van der Waals surface area contributed by atoms with Crippen molar-refractivity contribution >= 4 is 34.6 Å². The molecule has 2 aromatic heterocycles. The zero-order chi connectivity index (χ0) is 11.7. The summed E-state index contributed by atoms with van der Waals surface area (Å²) in [6.07, 6.45) is 4.30. The molecule has 1 fully saturated rings. The summed E-state index contributed by atoms with van der Waals surface area (Å²) in [7, 11) is 0. The second-order valence-electron chi connectivity index (χ2n) is 4.08. The lowest BCUT2D eigenvalue weighted by molar-refractivity contribution is 0.804. The van der Waals surface area contributed by atoms with E-state index < -0.39 is 0 Å². The Morgan fingerprint density at radius 3 is 3.29 bits per heavy atom. The van der Waals surface area contributed by atoms with Crippen LogP contribution < -0.4 is 11.1 Å². The van der Waals surface area contributed by atoms with E-state index in [1.54, 1.807) is 6.20 Å². The highest BCUT2D eigenvalue weighted by molar-refractivity contribution is 8.00. The fraction of sp³-hybridized carbons (Fsp3) is 0.500. The third kappa shape index (κ3) is 2.14. The number of H-pyrrole nitrogens is 1. The predicted molar refractivity (Wildman–Crippen MR) is 70.1 cm³/mol. The number of aromatic nitrogens is 4. The van der Waals surface area contributed by atoms with Crippen LogP contribution in [-0.2, 0) is 0 Å². The quantitative estimate of drug-likeness (QED) is 0.759. The minimum absolute atomic E-state index is 0.267. The molecule has 1 atom stereocenters. The van der Waals surface area contributed by atoms with E-state index >= 15 is 0 Å². The average Bonchev–Trinajstić information content (AvgIpc) is 2.95. The molecule has 0 aliphatic carbocycles. The molecular weight excluding hydrogens is 236 g/mol. The monoisotopic (exact) mass is 250 g/mol. The minimum Gasteiger partial charge on any atom is -0.368 e. The lowest BCUT2D eigenvalue weighted by Gasteiger charge is -2.11. The van der Waals surface area contributed by atoms with Crippen LogP contribution in [0.15, 0.2) is 6.20 Å². The van der Waals surface area contributed by atoms with Crippen LogP contribution in [0.4, 0.5) is 11.8 Å². The van der Waals surface area contributed by atoms with Crippen molar-refractivity contribution in [1.29, 1.82) is 0 Å². The summed E-state index contributed by atoms with van der Waals surface area (Å²) in [5.74, 6) is 2.30. The van der Waals surface area contributed by atoms with Crippen molar-refractivity contribution in [2.75, 3.05) is 23.3 Å². The number of thioether (sulfide) groups is 1. The highest BCUT2D eigenvalue weighted by Crippen LogP contribution is 2.27. The molecule has 2 aromatic rings. The molecule has 3 heterocycles. The number of nitrogen functional groups attached to an aromatic ring is 1. The molecule has 0 spiro atoms. The molecule has 6 nitrogen and oxygen atoms in total. The highest BCUT2D eigenvalue weighted by atomic mass is 32.2. The Hall–Kier alpha value is -1.50. The molecule has 3 rings (SSSR count). The summed E-state index contributed by atoms with van der Waals surface area (Å²) < 4.78 is 0. The Kier molecular flexibility index (Phi) is 2.76. The second kappa shape index (κ2) is 4.40. The predicted octanol–water partition coefficient (Wildman–Crippen LogP) is 1.24. The van der Waals surface area contributed by atoms with Gasteiger partial charge in [-0.2, -0.15) is 26.8 Å². The van der Waals surface area contributed by atoms with E-state index in [2.05, 4.69) is 25.5 Å². The third-order valence-corrected chi connectivity index (χ3v) is 4.25. The Bertz CT molecular complexity index is 518. The van der Waals surface area contributed by atoms with Gasteiger partial charge in [-0.15, -0.1) is 0 Å².